The van der Waals surface area contributed by atoms with Crippen LogP contribution in [0.1, 0.15) is 34.6 Å². The molecule has 0 saturated carbocycles. The zero-order valence-corrected chi connectivity index (χ0v) is 9.93. The van der Waals surface area contributed by atoms with Crippen molar-refractivity contribution in [3.8, 4) is 0 Å². The van der Waals surface area contributed by atoms with Crippen molar-refractivity contribution in [1.82, 2.24) is 4.90 Å². The van der Waals surface area contributed by atoms with Crippen molar-refractivity contribution in [1.29, 1.82) is 0 Å². The monoisotopic (exact) mass is 186 g/mol. The van der Waals surface area contributed by atoms with Crippen LogP contribution < -0.4 is 5.73 Å². The first kappa shape index (κ1) is 12.9. The lowest BCUT2D eigenvalue weighted by atomic mass is 9.95. The summed E-state index contributed by atoms with van der Waals surface area (Å²) in [7, 11) is 0. The summed E-state index contributed by atoms with van der Waals surface area (Å²) >= 11 is 0. The molecule has 0 fully saturated rings. The molecule has 0 aromatic heterocycles. The van der Waals surface area contributed by atoms with E-state index >= 15 is 0 Å². The summed E-state index contributed by atoms with van der Waals surface area (Å²) in [6, 6.07) is 0. The Bertz CT molecular complexity index is 125. The van der Waals surface area contributed by atoms with E-state index in [4.69, 9.17) is 5.73 Å². The van der Waals surface area contributed by atoms with E-state index in [0.717, 1.165) is 32.1 Å². The Kier molecular flexibility index (Phi) is 5.57. The highest BCUT2D eigenvalue weighted by Crippen LogP contribution is 2.15. The molecule has 0 saturated heterocycles. The predicted octanol–water partition coefficient (Wildman–Crippen LogP) is 1.95. The first-order valence-electron chi connectivity index (χ1n) is 5.27. The molecule has 2 N–H and O–H groups in total. The highest BCUT2D eigenvalue weighted by molar-refractivity contribution is 4.70. The van der Waals surface area contributed by atoms with Crippen LogP contribution in [-0.2, 0) is 0 Å². The molecule has 0 aromatic rings. The maximum atomic E-state index is 5.58. The van der Waals surface area contributed by atoms with E-state index in [9.17, 15) is 0 Å². The fourth-order valence-corrected chi connectivity index (χ4v) is 1.60. The van der Waals surface area contributed by atoms with Crippen molar-refractivity contribution in [3.05, 3.63) is 0 Å². The van der Waals surface area contributed by atoms with Crippen LogP contribution in [0.25, 0.3) is 0 Å². The summed E-state index contributed by atoms with van der Waals surface area (Å²) in [5.41, 5.74) is 5.96. The summed E-state index contributed by atoms with van der Waals surface area (Å²) in [5.74, 6) is 0.730. The number of rotatable bonds is 5. The van der Waals surface area contributed by atoms with Gasteiger partial charge >= 0.3 is 0 Å². The van der Waals surface area contributed by atoms with Crippen LogP contribution in [0.4, 0.5) is 0 Å². The summed E-state index contributed by atoms with van der Waals surface area (Å²) in [5, 5.41) is 0. The van der Waals surface area contributed by atoms with E-state index in [0.29, 0.717) is 5.41 Å². The van der Waals surface area contributed by atoms with Crippen LogP contribution in [0.2, 0.25) is 0 Å². The van der Waals surface area contributed by atoms with Gasteiger partial charge in [0, 0.05) is 26.2 Å². The van der Waals surface area contributed by atoms with E-state index in [1.165, 1.54) is 0 Å². The van der Waals surface area contributed by atoms with Crippen molar-refractivity contribution >= 4 is 0 Å². The van der Waals surface area contributed by atoms with Gasteiger partial charge < -0.3 is 10.6 Å². The third kappa shape index (κ3) is 8.26. The second-order valence-corrected chi connectivity index (χ2v) is 5.48. The summed E-state index contributed by atoms with van der Waals surface area (Å²) in [4.78, 5) is 2.46. The molecule has 2 nitrogen and oxygen atoms in total. The van der Waals surface area contributed by atoms with Crippen LogP contribution in [0.5, 0.6) is 0 Å². The Morgan fingerprint density at radius 3 is 2.08 bits per heavy atom. The predicted molar refractivity (Wildman–Crippen MR) is 59.8 cm³/mol. The van der Waals surface area contributed by atoms with Gasteiger partial charge in [0.25, 0.3) is 0 Å². The molecule has 0 bridgehead atoms. The zero-order chi connectivity index (χ0) is 10.5. The summed E-state index contributed by atoms with van der Waals surface area (Å²) < 4.78 is 0. The normalized spacial score (nSPS) is 12.9. The molecular weight excluding hydrogens is 160 g/mol. The minimum absolute atomic E-state index is 0.379. The Balaban J connectivity index is 3.94. The van der Waals surface area contributed by atoms with Crippen LogP contribution in [0.15, 0.2) is 0 Å². The number of hydrogen-bond donors (Lipinski definition) is 1. The third-order valence-electron chi connectivity index (χ3n) is 1.77. The molecule has 13 heavy (non-hydrogen) atoms. The maximum absolute atomic E-state index is 5.58. The van der Waals surface area contributed by atoms with Crippen LogP contribution in [0, 0.1) is 11.3 Å². The largest absolute Gasteiger partial charge is 0.329 e. The number of nitrogens with two attached hydrogens (primary N) is 1. The second kappa shape index (κ2) is 5.61. The van der Waals surface area contributed by atoms with Crippen molar-refractivity contribution in [2.75, 3.05) is 26.2 Å². The Labute approximate surface area is 83.5 Å². The Morgan fingerprint density at radius 2 is 1.77 bits per heavy atom. The maximum Gasteiger partial charge on any atom is 0.0105 e. The smallest absolute Gasteiger partial charge is 0.0105 e. The molecule has 80 valence electrons. The van der Waals surface area contributed by atoms with Gasteiger partial charge in [-0.3, -0.25) is 0 Å². The van der Waals surface area contributed by atoms with Crippen LogP contribution in [-0.4, -0.2) is 31.1 Å². The van der Waals surface area contributed by atoms with Crippen LogP contribution in [0.3, 0.4) is 0 Å². The van der Waals surface area contributed by atoms with Gasteiger partial charge in [0.05, 0.1) is 0 Å². The van der Waals surface area contributed by atoms with Gasteiger partial charge in [0.1, 0.15) is 0 Å². The second-order valence-electron chi connectivity index (χ2n) is 5.48. The van der Waals surface area contributed by atoms with Gasteiger partial charge in [-0.25, -0.2) is 0 Å². The third-order valence-corrected chi connectivity index (χ3v) is 1.77. The zero-order valence-electron chi connectivity index (χ0n) is 9.93. The molecule has 0 unspecified atom stereocenters. The van der Waals surface area contributed by atoms with E-state index in [-0.39, 0.29) is 0 Å². The number of nitrogens with zero attached hydrogens (tertiary/aromatic N) is 1. The van der Waals surface area contributed by atoms with Crippen molar-refractivity contribution in [2.45, 2.75) is 34.6 Å². The fourth-order valence-electron chi connectivity index (χ4n) is 1.60. The highest BCUT2D eigenvalue weighted by atomic mass is 15.1. The van der Waals surface area contributed by atoms with Gasteiger partial charge in [-0.2, -0.15) is 0 Å². The highest BCUT2D eigenvalue weighted by Gasteiger charge is 2.16. The van der Waals surface area contributed by atoms with Gasteiger partial charge in [0.2, 0.25) is 0 Å². The standard InChI is InChI=1S/C11H26N2/c1-10(2)8-13(7-6-12)9-11(3,4)5/h10H,6-9,12H2,1-5H3. The molecule has 0 aliphatic carbocycles. The lowest BCUT2D eigenvalue weighted by molar-refractivity contribution is 0.178. The molecule has 0 aromatic carbocycles. The minimum atomic E-state index is 0.379. The van der Waals surface area contributed by atoms with Gasteiger partial charge in [-0.05, 0) is 11.3 Å². The molecule has 0 aliphatic heterocycles. The van der Waals surface area contributed by atoms with Gasteiger partial charge in [0.15, 0.2) is 0 Å². The van der Waals surface area contributed by atoms with Crippen LogP contribution >= 0.6 is 0 Å². The molecule has 0 heterocycles. The topological polar surface area (TPSA) is 29.3 Å². The van der Waals surface area contributed by atoms with E-state index < -0.39 is 0 Å². The van der Waals surface area contributed by atoms with E-state index in [1.54, 1.807) is 0 Å². The Morgan fingerprint density at radius 1 is 1.23 bits per heavy atom. The molecule has 0 spiro atoms. The Hall–Kier alpha value is -0.0800. The fraction of sp³-hybridized carbons (Fsp3) is 1.00. The average molecular weight is 186 g/mol. The van der Waals surface area contributed by atoms with Crippen molar-refractivity contribution < 1.29 is 0 Å². The minimum Gasteiger partial charge on any atom is -0.329 e. The lowest BCUT2D eigenvalue weighted by Crippen LogP contribution is -2.38. The number of hydrogen-bond acceptors (Lipinski definition) is 2. The molecule has 2 heteroatoms. The molecule has 0 amide bonds. The molecular formula is C11H26N2. The summed E-state index contributed by atoms with van der Waals surface area (Å²) in [6.45, 7) is 15.4. The molecule has 0 radical (unpaired) electrons. The van der Waals surface area contributed by atoms with Gasteiger partial charge in [-0.1, -0.05) is 34.6 Å². The average Bonchev–Trinajstić information content (AvgIpc) is 1.81. The molecule has 0 rings (SSSR count). The first-order chi connectivity index (χ1) is 5.85. The SMILES string of the molecule is CC(C)CN(CCN)CC(C)(C)C. The van der Waals surface area contributed by atoms with Crippen molar-refractivity contribution in [2.24, 2.45) is 17.1 Å². The molecule has 0 aliphatic rings. The quantitative estimate of drug-likeness (QED) is 0.711. The van der Waals surface area contributed by atoms with Crippen molar-refractivity contribution in [3.63, 3.8) is 0 Å². The van der Waals surface area contributed by atoms with Gasteiger partial charge in [-0.15, -0.1) is 0 Å². The molecule has 0 atom stereocenters. The first-order valence-corrected chi connectivity index (χ1v) is 5.27. The lowest BCUT2D eigenvalue weighted by Gasteiger charge is -2.30. The van der Waals surface area contributed by atoms with E-state index in [1.807, 2.05) is 0 Å². The van der Waals surface area contributed by atoms with E-state index in [2.05, 4.69) is 39.5 Å². The summed E-state index contributed by atoms with van der Waals surface area (Å²) in [6.07, 6.45) is 0.